The molecule has 0 unspecified atom stereocenters. The summed E-state index contributed by atoms with van der Waals surface area (Å²) in [5.74, 6) is 1.77. The van der Waals surface area contributed by atoms with Gasteiger partial charge in [-0.1, -0.05) is 62.9 Å². The van der Waals surface area contributed by atoms with Crippen LogP contribution in [0.4, 0.5) is 0 Å². The molecule has 4 heteroatoms. The Morgan fingerprint density at radius 2 is 1.17 bits per heavy atom. The first-order valence-corrected chi connectivity index (χ1v) is 13.1. The first-order valence-electron chi connectivity index (χ1n) is 13.1. The molecule has 3 aromatic rings. The largest absolute Gasteiger partial charge is 0.494 e. The van der Waals surface area contributed by atoms with Gasteiger partial charge < -0.3 is 14.2 Å². The lowest BCUT2D eigenvalue weighted by Gasteiger charge is -2.09. The highest BCUT2D eigenvalue weighted by atomic mass is 16.5. The second-order valence-corrected chi connectivity index (χ2v) is 8.86. The van der Waals surface area contributed by atoms with Gasteiger partial charge in [-0.3, -0.25) is 0 Å². The standard InChI is InChI=1S/C32H38O4/c1-3-5-7-9-11-25-35-30-20-22-31(23-21-30)36-32(33)28-14-12-26(13-15-28)27-16-18-29(19-17-27)34-24-10-8-6-4-2/h4,12-23H,2-3,5-11,24-25H2,1H3. The van der Waals surface area contributed by atoms with E-state index in [2.05, 4.69) is 13.5 Å². The maximum atomic E-state index is 12.6. The van der Waals surface area contributed by atoms with Crippen molar-refractivity contribution in [2.45, 2.75) is 58.3 Å². The van der Waals surface area contributed by atoms with Crippen LogP contribution in [0.1, 0.15) is 68.6 Å². The van der Waals surface area contributed by atoms with Gasteiger partial charge in [0, 0.05) is 0 Å². The van der Waals surface area contributed by atoms with E-state index in [0.29, 0.717) is 24.5 Å². The molecule has 0 radical (unpaired) electrons. The molecule has 3 rings (SSSR count). The van der Waals surface area contributed by atoms with E-state index in [1.54, 1.807) is 24.3 Å². The number of hydrogen-bond acceptors (Lipinski definition) is 4. The predicted molar refractivity (Wildman–Crippen MR) is 147 cm³/mol. The van der Waals surface area contributed by atoms with Crippen LogP contribution < -0.4 is 14.2 Å². The minimum atomic E-state index is -0.383. The molecule has 0 amide bonds. The number of carbonyl (C=O) groups excluding carboxylic acids is 1. The molecule has 0 aliphatic heterocycles. The van der Waals surface area contributed by atoms with Crippen molar-refractivity contribution in [3.05, 3.63) is 91.0 Å². The SMILES string of the molecule is C=CCCCCOc1ccc(-c2ccc(C(=O)Oc3ccc(OCCCCCCC)cc3)cc2)cc1. The summed E-state index contributed by atoms with van der Waals surface area (Å²) in [4.78, 5) is 12.6. The number of carbonyl (C=O) groups is 1. The monoisotopic (exact) mass is 486 g/mol. The molecule has 0 heterocycles. The quantitative estimate of drug-likeness (QED) is 0.0879. The minimum Gasteiger partial charge on any atom is -0.494 e. The predicted octanol–water partition coefficient (Wildman–Crippen LogP) is 8.66. The fourth-order valence-corrected chi connectivity index (χ4v) is 3.79. The zero-order chi connectivity index (χ0) is 25.4. The van der Waals surface area contributed by atoms with Gasteiger partial charge in [0.15, 0.2) is 0 Å². The molecule has 0 bridgehead atoms. The van der Waals surface area contributed by atoms with Crippen LogP contribution >= 0.6 is 0 Å². The number of unbranched alkanes of at least 4 members (excludes halogenated alkanes) is 6. The van der Waals surface area contributed by atoms with E-state index in [-0.39, 0.29) is 5.97 Å². The maximum Gasteiger partial charge on any atom is 0.343 e. The molecule has 3 aromatic carbocycles. The Morgan fingerprint density at radius 3 is 1.75 bits per heavy atom. The summed E-state index contributed by atoms with van der Waals surface area (Å²) >= 11 is 0. The third-order valence-electron chi connectivity index (χ3n) is 5.93. The van der Waals surface area contributed by atoms with Gasteiger partial charge in [0.2, 0.25) is 0 Å². The summed E-state index contributed by atoms with van der Waals surface area (Å²) in [5, 5.41) is 0. The molecule has 0 saturated carbocycles. The van der Waals surface area contributed by atoms with Gasteiger partial charge in [-0.15, -0.1) is 6.58 Å². The highest BCUT2D eigenvalue weighted by Crippen LogP contribution is 2.24. The van der Waals surface area contributed by atoms with Crippen molar-refractivity contribution >= 4 is 5.97 Å². The molecule has 0 aliphatic rings. The van der Waals surface area contributed by atoms with Crippen molar-refractivity contribution in [3.8, 4) is 28.4 Å². The number of benzene rings is 3. The third kappa shape index (κ3) is 9.26. The van der Waals surface area contributed by atoms with Crippen LogP contribution in [-0.2, 0) is 0 Å². The van der Waals surface area contributed by atoms with Crippen LogP contribution in [0.3, 0.4) is 0 Å². The van der Waals surface area contributed by atoms with Crippen molar-refractivity contribution in [2.75, 3.05) is 13.2 Å². The topological polar surface area (TPSA) is 44.8 Å². The van der Waals surface area contributed by atoms with Crippen LogP contribution in [0.15, 0.2) is 85.5 Å². The number of allylic oxidation sites excluding steroid dienone is 1. The van der Waals surface area contributed by atoms with E-state index in [9.17, 15) is 4.79 Å². The fraction of sp³-hybridized carbons (Fsp3) is 0.344. The Hall–Kier alpha value is -3.53. The van der Waals surface area contributed by atoms with E-state index < -0.39 is 0 Å². The Bertz CT molecular complexity index is 1040. The van der Waals surface area contributed by atoms with Gasteiger partial charge in [-0.25, -0.2) is 4.79 Å². The van der Waals surface area contributed by atoms with Crippen LogP contribution in [0.5, 0.6) is 17.2 Å². The van der Waals surface area contributed by atoms with Gasteiger partial charge in [-0.2, -0.15) is 0 Å². The van der Waals surface area contributed by atoms with E-state index in [1.165, 1.54) is 25.7 Å². The number of rotatable bonds is 16. The Morgan fingerprint density at radius 1 is 0.667 bits per heavy atom. The summed E-state index contributed by atoms with van der Waals surface area (Å²) < 4.78 is 17.1. The molecule has 0 spiro atoms. The average molecular weight is 487 g/mol. The normalized spacial score (nSPS) is 10.6. The molecule has 0 aromatic heterocycles. The molecule has 0 N–H and O–H groups in total. The van der Waals surface area contributed by atoms with Crippen LogP contribution in [0.2, 0.25) is 0 Å². The first kappa shape index (κ1) is 27.1. The Balaban J connectivity index is 1.45. The highest BCUT2D eigenvalue weighted by molar-refractivity contribution is 5.91. The van der Waals surface area contributed by atoms with Crippen LogP contribution in [-0.4, -0.2) is 19.2 Å². The molecular weight excluding hydrogens is 448 g/mol. The summed E-state index contributed by atoms with van der Waals surface area (Å²) in [6, 6.07) is 22.7. The van der Waals surface area contributed by atoms with E-state index in [4.69, 9.17) is 14.2 Å². The zero-order valence-corrected chi connectivity index (χ0v) is 21.4. The number of hydrogen-bond donors (Lipinski definition) is 0. The van der Waals surface area contributed by atoms with E-state index >= 15 is 0 Å². The van der Waals surface area contributed by atoms with Crippen LogP contribution in [0, 0.1) is 0 Å². The third-order valence-corrected chi connectivity index (χ3v) is 5.93. The molecular formula is C32H38O4. The first-order chi connectivity index (χ1) is 17.7. The molecule has 0 aliphatic carbocycles. The van der Waals surface area contributed by atoms with Gasteiger partial charge in [0.1, 0.15) is 17.2 Å². The van der Waals surface area contributed by atoms with Crippen molar-refractivity contribution in [2.24, 2.45) is 0 Å². The zero-order valence-electron chi connectivity index (χ0n) is 21.4. The minimum absolute atomic E-state index is 0.383. The van der Waals surface area contributed by atoms with Crippen molar-refractivity contribution in [1.82, 2.24) is 0 Å². The molecule has 4 nitrogen and oxygen atoms in total. The van der Waals surface area contributed by atoms with Crippen molar-refractivity contribution < 1.29 is 19.0 Å². The summed E-state index contributed by atoms with van der Waals surface area (Å²) in [7, 11) is 0. The molecule has 0 fully saturated rings. The van der Waals surface area contributed by atoms with E-state index in [0.717, 1.165) is 48.3 Å². The van der Waals surface area contributed by atoms with E-state index in [1.807, 2.05) is 54.6 Å². The van der Waals surface area contributed by atoms with Gasteiger partial charge in [-0.05, 0) is 85.3 Å². The molecule has 0 saturated heterocycles. The van der Waals surface area contributed by atoms with Crippen LogP contribution in [0.25, 0.3) is 11.1 Å². The molecule has 190 valence electrons. The number of ether oxygens (including phenoxy) is 3. The Labute approximate surface area is 215 Å². The number of esters is 1. The second kappa shape index (κ2) is 15.5. The summed E-state index contributed by atoms with van der Waals surface area (Å²) in [5.41, 5.74) is 2.60. The summed E-state index contributed by atoms with van der Waals surface area (Å²) in [6.07, 6.45) is 11.1. The van der Waals surface area contributed by atoms with Crippen molar-refractivity contribution in [1.29, 1.82) is 0 Å². The lowest BCUT2D eigenvalue weighted by molar-refractivity contribution is 0.0734. The lowest BCUT2D eigenvalue weighted by atomic mass is 10.0. The lowest BCUT2D eigenvalue weighted by Crippen LogP contribution is -2.08. The molecule has 36 heavy (non-hydrogen) atoms. The average Bonchev–Trinajstić information content (AvgIpc) is 2.92. The summed E-state index contributed by atoms with van der Waals surface area (Å²) in [6.45, 7) is 7.37. The second-order valence-electron chi connectivity index (χ2n) is 8.86. The van der Waals surface area contributed by atoms with Crippen molar-refractivity contribution in [3.63, 3.8) is 0 Å². The van der Waals surface area contributed by atoms with Gasteiger partial charge in [0.25, 0.3) is 0 Å². The molecule has 0 atom stereocenters. The smallest absolute Gasteiger partial charge is 0.343 e. The van der Waals surface area contributed by atoms with Gasteiger partial charge >= 0.3 is 5.97 Å². The highest BCUT2D eigenvalue weighted by Gasteiger charge is 2.09. The fourth-order valence-electron chi connectivity index (χ4n) is 3.79. The van der Waals surface area contributed by atoms with Gasteiger partial charge in [0.05, 0.1) is 18.8 Å². The Kier molecular flexibility index (Phi) is 11.6. The maximum absolute atomic E-state index is 12.6.